The van der Waals surface area contributed by atoms with Crippen LogP contribution in [-0.2, 0) is 17.9 Å². The van der Waals surface area contributed by atoms with Gasteiger partial charge in [-0.05, 0) is 67.8 Å². The molecule has 0 saturated heterocycles. The van der Waals surface area contributed by atoms with E-state index in [4.69, 9.17) is 9.47 Å². The smallest absolute Gasteiger partial charge is 0.332 e. The van der Waals surface area contributed by atoms with Crippen LogP contribution in [0.3, 0.4) is 0 Å². The number of carbonyl (C=O) groups excluding carboxylic acids is 2. The normalized spacial score (nSPS) is 14.6. The van der Waals surface area contributed by atoms with Gasteiger partial charge in [0.05, 0.1) is 17.4 Å². The van der Waals surface area contributed by atoms with E-state index in [0.717, 1.165) is 42.2 Å². The number of nitrogens with zero attached hydrogens (tertiary/aromatic N) is 2. The van der Waals surface area contributed by atoms with Crippen LogP contribution in [0.2, 0.25) is 0 Å². The lowest BCUT2D eigenvalue weighted by Gasteiger charge is -2.23. The van der Waals surface area contributed by atoms with Gasteiger partial charge in [0.1, 0.15) is 6.54 Å². The third kappa shape index (κ3) is 5.65. The summed E-state index contributed by atoms with van der Waals surface area (Å²) in [6.45, 7) is 1.67. The molecule has 0 radical (unpaired) electrons. The maximum Gasteiger partial charge on any atom is 0.332 e. The minimum absolute atomic E-state index is 0.0340. The van der Waals surface area contributed by atoms with Crippen molar-refractivity contribution in [2.24, 2.45) is 0 Å². The molecule has 1 aromatic heterocycles. The highest BCUT2D eigenvalue weighted by molar-refractivity contribution is 5.98. The van der Waals surface area contributed by atoms with E-state index in [9.17, 15) is 19.2 Å². The summed E-state index contributed by atoms with van der Waals surface area (Å²) >= 11 is 0. The predicted molar refractivity (Wildman–Crippen MR) is 158 cm³/mol. The molecule has 0 atom stereocenters. The number of aryl methyl sites for hydroxylation is 1. The van der Waals surface area contributed by atoms with Gasteiger partial charge in [0.15, 0.2) is 11.5 Å². The maximum atomic E-state index is 13.9. The van der Waals surface area contributed by atoms with Crippen LogP contribution in [0.25, 0.3) is 10.9 Å². The number of anilines is 1. The molecule has 1 saturated carbocycles. The van der Waals surface area contributed by atoms with E-state index in [1.807, 2.05) is 19.1 Å². The molecule has 2 aliphatic rings. The number of aromatic nitrogens is 2. The molecule has 0 unspecified atom stereocenters. The Balaban J connectivity index is 1.38. The Morgan fingerprint density at radius 2 is 1.64 bits per heavy atom. The van der Waals surface area contributed by atoms with Crippen LogP contribution in [0.4, 0.5) is 5.69 Å². The van der Waals surface area contributed by atoms with Crippen molar-refractivity contribution in [2.45, 2.75) is 58.2 Å². The molecule has 10 heteroatoms. The van der Waals surface area contributed by atoms with Crippen molar-refractivity contribution in [1.29, 1.82) is 0 Å². The summed E-state index contributed by atoms with van der Waals surface area (Å²) in [6, 6.07) is 17.3. The zero-order valence-electron chi connectivity index (χ0n) is 23.4. The van der Waals surface area contributed by atoms with Crippen molar-refractivity contribution in [3.8, 4) is 11.5 Å². The molecule has 2 N–H and O–H groups in total. The SMILES string of the molecule is Cc1ccc(NC(=O)Cn2c(=O)n(Cc3ccc4c(c3)OCO4)c(=O)c3ccc(C(=O)NC4CCCCC4)cc32)cc1. The third-order valence-electron chi connectivity index (χ3n) is 7.84. The van der Waals surface area contributed by atoms with Gasteiger partial charge in [-0.1, -0.05) is 43.0 Å². The first-order chi connectivity index (χ1) is 20.4. The van der Waals surface area contributed by atoms with Crippen molar-refractivity contribution in [2.75, 3.05) is 12.1 Å². The van der Waals surface area contributed by atoms with E-state index in [1.54, 1.807) is 42.5 Å². The molecule has 6 rings (SSSR count). The van der Waals surface area contributed by atoms with Crippen LogP contribution in [0, 0.1) is 6.92 Å². The number of ether oxygens (including phenoxy) is 2. The van der Waals surface area contributed by atoms with Gasteiger partial charge in [-0.3, -0.25) is 23.5 Å². The molecule has 0 spiro atoms. The molecule has 0 bridgehead atoms. The Morgan fingerprint density at radius 3 is 2.43 bits per heavy atom. The van der Waals surface area contributed by atoms with Crippen LogP contribution in [0.5, 0.6) is 11.5 Å². The maximum absolute atomic E-state index is 13.9. The van der Waals surface area contributed by atoms with Crippen LogP contribution in [-0.4, -0.2) is 33.8 Å². The standard InChI is InChI=1S/C32H32N4O6/c1-20-7-11-24(12-8-20)33-29(37)18-35-26-16-22(30(38)34-23-5-3-2-4-6-23)10-13-25(26)31(39)36(32(35)40)17-21-9-14-27-28(15-21)42-19-41-27/h7-16,23H,2-6,17-19H2,1H3,(H,33,37)(H,34,38). The summed E-state index contributed by atoms with van der Waals surface area (Å²) in [5.41, 5.74) is 1.68. The van der Waals surface area contributed by atoms with Gasteiger partial charge in [-0.2, -0.15) is 0 Å². The minimum Gasteiger partial charge on any atom is -0.454 e. The highest BCUT2D eigenvalue weighted by Gasteiger charge is 2.21. The molecule has 10 nitrogen and oxygen atoms in total. The van der Waals surface area contributed by atoms with E-state index in [1.165, 1.54) is 10.6 Å². The fourth-order valence-corrected chi connectivity index (χ4v) is 5.57. The topological polar surface area (TPSA) is 121 Å². The number of hydrogen-bond acceptors (Lipinski definition) is 6. The molecule has 3 aromatic carbocycles. The zero-order chi connectivity index (χ0) is 29.2. The van der Waals surface area contributed by atoms with Gasteiger partial charge in [0.25, 0.3) is 11.5 Å². The van der Waals surface area contributed by atoms with E-state index >= 15 is 0 Å². The average molecular weight is 569 g/mol. The molecule has 1 fully saturated rings. The average Bonchev–Trinajstić information content (AvgIpc) is 3.47. The summed E-state index contributed by atoms with van der Waals surface area (Å²) in [5, 5.41) is 6.13. The number of hydrogen-bond donors (Lipinski definition) is 2. The highest BCUT2D eigenvalue weighted by Crippen LogP contribution is 2.32. The van der Waals surface area contributed by atoms with E-state index < -0.39 is 17.2 Å². The van der Waals surface area contributed by atoms with Crippen LogP contribution in [0.1, 0.15) is 53.6 Å². The second-order valence-electron chi connectivity index (χ2n) is 10.9. The molecule has 2 amide bonds. The van der Waals surface area contributed by atoms with Gasteiger partial charge < -0.3 is 20.1 Å². The van der Waals surface area contributed by atoms with E-state index in [2.05, 4.69) is 10.6 Å². The summed E-state index contributed by atoms with van der Waals surface area (Å²) in [7, 11) is 0. The van der Waals surface area contributed by atoms with Crippen molar-refractivity contribution in [3.05, 3.63) is 98.2 Å². The first-order valence-corrected chi connectivity index (χ1v) is 14.2. The molecule has 2 heterocycles. The number of benzene rings is 3. The lowest BCUT2D eigenvalue weighted by molar-refractivity contribution is -0.116. The van der Waals surface area contributed by atoms with Crippen molar-refractivity contribution >= 4 is 28.4 Å². The molecule has 1 aliphatic carbocycles. The Morgan fingerprint density at radius 1 is 0.881 bits per heavy atom. The van der Waals surface area contributed by atoms with Gasteiger partial charge in [0, 0.05) is 17.3 Å². The lowest BCUT2D eigenvalue weighted by atomic mass is 9.95. The Bertz CT molecular complexity index is 1780. The van der Waals surface area contributed by atoms with Crippen molar-refractivity contribution in [1.82, 2.24) is 14.5 Å². The molecule has 216 valence electrons. The minimum atomic E-state index is -0.658. The molecular formula is C32H32N4O6. The number of fused-ring (bicyclic) bond motifs is 2. The first-order valence-electron chi connectivity index (χ1n) is 14.2. The quantitative estimate of drug-likeness (QED) is 0.348. The predicted octanol–water partition coefficient (Wildman–Crippen LogP) is 3.95. The monoisotopic (exact) mass is 568 g/mol. The zero-order valence-corrected chi connectivity index (χ0v) is 23.4. The van der Waals surface area contributed by atoms with E-state index in [-0.39, 0.29) is 42.7 Å². The molecular weight excluding hydrogens is 536 g/mol. The Hall–Kier alpha value is -4.86. The van der Waals surface area contributed by atoms with Gasteiger partial charge in [-0.25, -0.2) is 4.79 Å². The second-order valence-corrected chi connectivity index (χ2v) is 10.9. The fraction of sp³-hybridized carbons (Fsp3) is 0.312. The van der Waals surface area contributed by atoms with Gasteiger partial charge >= 0.3 is 5.69 Å². The number of nitrogens with one attached hydrogen (secondary N) is 2. The largest absolute Gasteiger partial charge is 0.454 e. The van der Waals surface area contributed by atoms with Gasteiger partial charge in [0.2, 0.25) is 12.7 Å². The summed E-state index contributed by atoms with van der Waals surface area (Å²) in [6.07, 6.45) is 5.15. The molecule has 4 aromatic rings. The van der Waals surface area contributed by atoms with Crippen LogP contribution < -0.4 is 31.4 Å². The molecule has 1 aliphatic heterocycles. The van der Waals surface area contributed by atoms with Crippen LogP contribution >= 0.6 is 0 Å². The number of amides is 2. The van der Waals surface area contributed by atoms with Crippen LogP contribution in [0.15, 0.2) is 70.3 Å². The third-order valence-corrected chi connectivity index (χ3v) is 7.84. The lowest BCUT2D eigenvalue weighted by Crippen LogP contribution is -2.42. The number of rotatable bonds is 7. The summed E-state index contributed by atoms with van der Waals surface area (Å²) < 4.78 is 13.2. The van der Waals surface area contributed by atoms with Crippen molar-refractivity contribution in [3.63, 3.8) is 0 Å². The van der Waals surface area contributed by atoms with Crippen molar-refractivity contribution < 1.29 is 19.1 Å². The summed E-state index contributed by atoms with van der Waals surface area (Å²) in [5.74, 6) is 0.422. The number of carbonyl (C=O) groups is 2. The second kappa shape index (κ2) is 11.6. The molecule has 42 heavy (non-hydrogen) atoms. The fourth-order valence-electron chi connectivity index (χ4n) is 5.57. The first kappa shape index (κ1) is 27.3. The summed E-state index contributed by atoms with van der Waals surface area (Å²) in [4.78, 5) is 53.8. The Kier molecular flexibility index (Phi) is 7.52. The van der Waals surface area contributed by atoms with Gasteiger partial charge in [-0.15, -0.1) is 0 Å². The highest BCUT2D eigenvalue weighted by atomic mass is 16.7. The van der Waals surface area contributed by atoms with E-state index in [0.29, 0.717) is 28.3 Å². The Labute approximate surface area is 241 Å².